The van der Waals surface area contributed by atoms with Crippen molar-refractivity contribution in [1.29, 1.82) is 0 Å². The van der Waals surface area contributed by atoms with E-state index in [2.05, 4.69) is 22.3 Å². The smallest absolute Gasteiger partial charge is 0.265 e. The van der Waals surface area contributed by atoms with E-state index < -0.39 is 40.3 Å². The molecule has 8 rings (SSSR count). The van der Waals surface area contributed by atoms with Gasteiger partial charge >= 0.3 is 33.4 Å². The van der Waals surface area contributed by atoms with Crippen LogP contribution in [0, 0.1) is 12.1 Å². The number of nitrogens with zero attached hydrogens (tertiary/aromatic N) is 4. The summed E-state index contributed by atoms with van der Waals surface area (Å²) in [6.45, 7) is 2.55. The average molecular weight is 870 g/mol. The second-order valence-electron chi connectivity index (χ2n) is 11.7. The van der Waals surface area contributed by atoms with Crippen molar-refractivity contribution in [3.05, 3.63) is 120 Å². The molecule has 0 amide bonds. The molecule has 0 atom stereocenters. The first-order valence-corrected chi connectivity index (χ1v) is 15.9. The third-order valence-electron chi connectivity index (χ3n) is 8.31. The van der Waals surface area contributed by atoms with E-state index >= 15 is 0 Å². The summed E-state index contributed by atoms with van der Waals surface area (Å²) in [7, 11) is 0. The van der Waals surface area contributed by atoms with E-state index in [1.54, 1.807) is 24.3 Å². The molecule has 48 heavy (non-hydrogen) atoms. The molecule has 0 aliphatic rings. The number of halogens is 6. The van der Waals surface area contributed by atoms with Gasteiger partial charge in [0.2, 0.25) is 0 Å². The zero-order valence-corrected chi connectivity index (χ0v) is 28.7. The second-order valence-corrected chi connectivity index (χ2v) is 13.8. The first kappa shape index (κ1) is 32.6. The molecule has 0 aliphatic carbocycles. The van der Waals surface area contributed by atoms with Gasteiger partial charge in [0, 0.05) is 21.8 Å². The van der Waals surface area contributed by atoms with Crippen LogP contribution in [0.15, 0.2) is 85.2 Å². The Morgan fingerprint density at radius 1 is 0.583 bits per heavy atom. The van der Waals surface area contributed by atoms with Crippen molar-refractivity contribution in [1.82, 2.24) is 19.6 Å². The maximum absolute atomic E-state index is 14.6. The van der Waals surface area contributed by atoms with E-state index in [4.69, 9.17) is 0 Å². The quantitative estimate of drug-likeness (QED) is 0.130. The number of hydrogen-bond acceptors (Lipinski definition) is 4. The van der Waals surface area contributed by atoms with Gasteiger partial charge in [0.05, 0.1) is 27.9 Å². The molecule has 244 valence electrons. The predicted molar refractivity (Wildman–Crippen MR) is 173 cm³/mol. The van der Waals surface area contributed by atoms with Gasteiger partial charge in [-0.05, 0) is 48.1 Å². The maximum atomic E-state index is 14.6. The first-order chi connectivity index (χ1) is 22.3. The Morgan fingerprint density at radius 3 is 1.38 bits per heavy atom. The fourth-order valence-electron chi connectivity index (χ4n) is 6.03. The summed E-state index contributed by atoms with van der Waals surface area (Å²) in [4.78, 5) is 0. The first-order valence-electron chi connectivity index (χ1n) is 14.3. The summed E-state index contributed by atoms with van der Waals surface area (Å²) < 4.78 is 93.3. The normalized spacial score (nSPS) is 12.8. The SMILES string of the molecule is CC(C)(c1nn(-c2[c-]cc3sc4ccccc4c3c2)cc1C(F)(F)F)c1nn(-c2[c-]cc3sc4ccccc4c3c2)cc1C(F)(F)F.[Pt+2]. The van der Waals surface area contributed by atoms with Crippen LogP contribution in [0.3, 0.4) is 0 Å². The van der Waals surface area contributed by atoms with Crippen molar-refractivity contribution in [2.45, 2.75) is 31.6 Å². The van der Waals surface area contributed by atoms with Crippen molar-refractivity contribution in [3.63, 3.8) is 0 Å². The molecule has 0 saturated heterocycles. The van der Waals surface area contributed by atoms with Crippen LogP contribution in [0.25, 0.3) is 51.7 Å². The Bertz CT molecular complexity index is 2330. The molecule has 0 spiro atoms. The zero-order chi connectivity index (χ0) is 32.9. The van der Waals surface area contributed by atoms with E-state index in [1.165, 1.54) is 36.5 Å². The Kier molecular flexibility index (Phi) is 7.65. The Balaban J connectivity index is 0.00000364. The number of rotatable bonds is 4. The third kappa shape index (κ3) is 5.25. The molecule has 0 radical (unpaired) electrons. The summed E-state index contributed by atoms with van der Waals surface area (Å²) in [6.07, 6.45) is -8.22. The van der Waals surface area contributed by atoms with Crippen LogP contribution in [-0.4, -0.2) is 19.6 Å². The molecule has 0 bridgehead atoms. The van der Waals surface area contributed by atoms with Crippen molar-refractivity contribution in [3.8, 4) is 11.4 Å². The predicted octanol–water partition coefficient (Wildman–Crippen LogP) is 10.8. The van der Waals surface area contributed by atoms with Gasteiger partial charge in [-0.3, -0.25) is 9.36 Å². The minimum Gasteiger partial charge on any atom is -0.265 e. The molecule has 13 heteroatoms. The Labute approximate surface area is 291 Å². The van der Waals surface area contributed by atoms with Gasteiger partial charge in [0.1, 0.15) is 0 Å². The molecular weight excluding hydrogens is 850 g/mol. The largest absolute Gasteiger partial charge is 2.00 e. The van der Waals surface area contributed by atoms with Crippen molar-refractivity contribution in [2.24, 2.45) is 0 Å². The number of benzene rings is 4. The topological polar surface area (TPSA) is 35.6 Å². The van der Waals surface area contributed by atoms with Gasteiger partial charge in [-0.15, -0.1) is 22.9 Å². The third-order valence-corrected chi connectivity index (χ3v) is 10.6. The standard InChI is InChI=1S/C35H20F6N4S2.Pt/c1-33(2,31-25(34(36,37)38)17-44(42-31)19-11-13-29-23(15-19)21-7-3-5-9-27(21)46-29)32-26(35(39,40)41)18-45(43-32)20-12-14-30-24(16-20)22-8-4-6-10-28(22)47-30;/h3-10,13-18H,1-2H3;/q-2;+2. The average Bonchev–Trinajstić information content (AvgIpc) is 3.82. The van der Waals surface area contributed by atoms with Crippen LogP contribution >= 0.6 is 22.7 Å². The summed E-state index contributed by atoms with van der Waals surface area (Å²) in [5, 5.41) is 12.1. The van der Waals surface area contributed by atoms with Gasteiger partial charge in [-0.25, -0.2) is 22.7 Å². The molecule has 4 aromatic heterocycles. The minimum absolute atomic E-state index is 0. The molecule has 4 aromatic carbocycles. The van der Waals surface area contributed by atoms with Gasteiger partial charge in [-0.2, -0.15) is 60.8 Å². The van der Waals surface area contributed by atoms with Crippen LogP contribution < -0.4 is 0 Å². The van der Waals surface area contributed by atoms with Crippen LogP contribution in [0.2, 0.25) is 0 Å². The van der Waals surface area contributed by atoms with E-state index in [0.717, 1.165) is 62.1 Å². The fourth-order valence-corrected chi connectivity index (χ4v) is 8.16. The number of fused-ring (bicyclic) bond motifs is 6. The maximum Gasteiger partial charge on any atom is 2.00 e. The van der Waals surface area contributed by atoms with Crippen LogP contribution in [-0.2, 0) is 38.8 Å². The molecule has 0 unspecified atom stereocenters. The van der Waals surface area contributed by atoms with Crippen molar-refractivity contribution >= 4 is 63.0 Å². The summed E-state index contributed by atoms with van der Waals surface area (Å²) in [5.74, 6) is 0. The molecule has 0 fully saturated rings. The summed E-state index contributed by atoms with van der Waals surface area (Å²) in [6, 6.07) is 28.0. The second kappa shape index (κ2) is 11.3. The van der Waals surface area contributed by atoms with Gasteiger partial charge in [0.25, 0.3) is 0 Å². The molecule has 4 nitrogen and oxygen atoms in total. The van der Waals surface area contributed by atoms with Crippen molar-refractivity contribution < 1.29 is 47.4 Å². The monoisotopic (exact) mass is 869 g/mol. The summed E-state index contributed by atoms with van der Waals surface area (Å²) >= 11 is 3.05. The zero-order valence-electron chi connectivity index (χ0n) is 24.8. The van der Waals surface area contributed by atoms with Crippen molar-refractivity contribution in [2.75, 3.05) is 0 Å². The van der Waals surface area contributed by atoms with E-state index in [9.17, 15) is 26.3 Å². The molecular formula is C35H20F6N4PtS2. The fraction of sp³-hybridized carbons (Fsp3) is 0.143. The van der Waals surface area contributed by atoms with Crippen LogP contribution in [0.5, 0.6) is 0 Å². The van der Waals surface area contributed by atoms with E-state index in [-0.39, 0.29) is 32.4 Å². The number of aromatic nitrogens is 4. The van der Waals surface area contributed by atoms with Crippen LogP contribution in [0.1, 0.15) is 36.4 Å². The molecule has 0 saturated carbocycles. The van der Waals surface area contributed by atoms with E-state index in [0.29, 0.717) is 0 Å². The van der Waals surface area contributed by atoms with E-state index in [1.807, 2.05) is 48.5 Å². The minimum atomic E-state index is -4.91. The number of hydrogen-bond donors (Lipinski definition) is 0. The molecule has 0 N–H and O–H groups in total. The number of alkyl halides is 6. The molecule has 4 heterocycles. The Hall–Kier alpha value is -3.99. The molecule has 8 aromatic rings. The van der Waals surface area contributed by atoms with Gasteiger partial charge in [0.15, 0.2) is 0 Å². The molecule has 0 aliphatic heterocycles. The van der Waals surface area contributed by atoms with Gasteiger partial charge < -0.3 is 0 Å². The number of thiophene rings is 2. The summed E-state index contributed by atoms with van der Waals surface area (Å²) in [5.41, 5.74) is -4.98. The van der Waals surface area contributed by atoms with Crippen LogP contribution in [0.4, 0.5) is 26.3 Å². The van der Waals surface area contributed by atoms with Gasteiger partial charge in [-0.1, -0.05) is 45.8 Å². The Morgan fingerprint density at radius 2 is 0.979 bits per heavy atom.